The third kappa shape index (κ3) is 5.50. The molecule has 0 radical (unpaired) electrons. The van der Waals surface area contributed by atoms with Gasteiger partial charge in [-0.3, -0.25) is 4.79 Å². The third-order valence-corrected chi connectivity index (χ3v) is 2.39. The zero-order valence-corrected chi connectivity index (χ0v) is 10.8. The minimum atomic E-state index is 0.108. The molecule has 3 nitrogen and oxygen atoms in total. The van der Waals surface area contributed by atoms with Gasteiger partial charge in [-0.1, -0.05) is 38.1 Å². The SMILES string of the molecule is COCc1cccc(CNC(=O)CC(C)C)c1. The van der Waals surface area contributed by atoms with Crippen LogP contribution in [0.25, 0.3) is 0 Å². The quantitative estimate of drug-likeness (QED) is 0.822. The molecule has 0 bridgehead atoms. The van der Waals surface area contributed by atoms with Crippen molar-refractivity contribution in [1.29, 1.82) is 0 Å². The fraction of sp³-hybridized carbons (Fsp3) is 0.500. The second kappa shape index (κ2) is 7.07. The van der Waals surface area contributed by atoms with E-state index in [2.05, 4.69) is 11.4 Å². The maximum Gasteiger partial charge on any atom is 0.220 e. The number of nitrogens with one attached hydrogen (secondary N) is 1. The lowest BCUT2D eigenvalue weighted by molar-refractivity contribution is -0.121. The van der Waals surface area contributed by atoms with E-state index >= 15 is 0 Å². The Morgan fingerprint density at radius 1 is 1.35 bits per heavy atom. The van der Waals surface area contributed by atoms with Crippen molar-refractivity contribution < 1.29 is 9.53 Å². The number of hydrogen-bond donors (Lipinski definition) is 1. The van der Waals surface area contributed by atoms with Crippen LogP contribution in [0.4, 0.5) is 0 Å². The number of hydrogen-bond acceptors (Lipinski definition) is 2. The van der Waals surface area contributed by atoms with E-state index in [9.17, 15) is 4.79 Å². The molecular weight excluding hydrogens is 214 g/mol. The summed E-state index contributed by atoms with van der Waals surface area (Å²) < 4.78 is 5.07. The third-order valence-electron chi connectivity index (χ3n) is 2.39. The first-order valence-electron chi connectivity index (χ1n) is 5.95. The van der Waals surface area contributed by atoms with Crippen molar-refractivity contribution >= 4 is 5.91 Å². The van der Waals surface area contributed by atoms with Gasteiger partial charge >= 0.3 is 0 Å². The average Bonchev–Trinajstić information content (AvgIpc) is 2.26. The molecule has 1 aromatic carbocycles. The van der Waals surface area contributed by atoms with Crippen LogP contribution in [0.2, 0.25) is 0 Å². The highest BCUT2D eigenvalue weighted by Crippen LogP contribution is 2.06. The van der Waals surface area contributed by atoms with Crippen molar-refractivity contribution in [2.24, 2.45) is 5.92 Å². The lowest BCUT2D eigenvalue weighted by Gasteiger charge is -2.08. The Kier molecular flexibility index (Phi) is 5.70. The van der Waals surface area contributed by atoms with Gasteiger partial charge in [0, 0.05) is 20.1 Å². The Morgan fingerprint density at radius 3 is 2.71 bits per heavy atom. The lowest BCUT2D eigenvalue weighted by Crippen LogP contribution is -2.23. The molecule has 1 aromatic rings. The Bertz CT molecular complexity index is 361. The smallest absolute Gasteiger partial charge is 0.220 e. The second-order valence-electron chi connectivity index (χ2n) is 4.63. The number of benzene rings is 1. The monoisotopic (exact) mass is 235 g/mol. The number of amides is 1. The van der Waals surface area contributed by atoms with E-state index in [0.717, 1.165) is 11.1 Å². The minimum Gasteiger partial charge on any atom is -0.380 e. The first-order chi connectivity index (χ1) is 8.11. The van der Waals surface area contributed by atoms with Crippen LogP contribution in [-0.2, 0) is 22.7 Å². The molecule has 0 aliphatic heterocycles. The molecule has 1 amide bonds. The number of carbonyl (C=O) groups excluding carboxylic acids is 1. The molecule has 0 saturated heterocycles. The minimum absolute atomic E-state index is 0.108. The molecule has 0 fully saturated rings. The van der Waals surface area contributed by atoms with E-state index in [-0.39, 0.29) is 5.91 Å². The van der Waals surface area contributed by atoms with Crippen molar-refractivity contribution in [2.75, 3.05) is 7.11 Å². The van der Waals surface area contributed by atoms with E-state index in [4.69, 9.17) is 4.74 Å². The zero-order chi connectivity index (χ0) is 12.7. The van der Waals surface area contributed by atoms with Crippen LogP contribution in [0.1, 0.15) is 31.4 Å². The summed E-state index contributed by atoms with van der Waals surface area (Å²) in [6.07, 6.45) is 0.581. The summed E-state index contributed by atoms with van der Waals surface area (Å²) in [7, 11) is 1.68. The van der Waals surface area contributed by atoms with Gasteiger partial charge in [-0.2, -0.15) is 0 Å². The van der Waals surface area contributed by atoms with Crippen LogP contribution in [0.15, 0.2) is 24.3 Å². The number of rotatable bonds is 6. The van der Waals surface area contributed by atoms with Crippen LogP contribution < -0.4 is 5.32 Å². The second-order valence-corrected chi connectivity index (χ2v) is 4.63. The Hall–Kier alpha value is -1.35. The van der Waals surface area contributed by atoms with Crippen molar-refractivity contribution in [3.05, 3.63) is 35.4 Å². The molecule has 0 atom stereocenters. The van der Waals surface area contributed by atoms with Crippen LogP contribution in [0, 0.1) is 5.92 Å². The molecule has 0 unspecified atom stereocenters. The highest BCUT2D eigenvalue weighted by atomic mass is 16.5. The van der Waals surface area contributed by atoms with Crippen LogP contribution in [0.5, 0.6) is 0 Å². The van der Waals surface area contributed by atoms with Crippen LogP contribution in [0.3, 0.4) is 0 Å². The first-order valence-corrected chi connectivity index (χ1v) is 5.95. The maximum atomic E-state index is 11.5. The lowest BCUT2D eigenvalue weighted by atomic mass is 10.1. The average molecular weight is 235 g/mol. The van der Waals surface area contributed by atoms with E-state index < -0.39 is 0 Å². The molecule has 94 valence electrons. The van der Waals surface area contributed by atoms with Gasteiger partial charge in [0.25, 0.3) is 0 Å². The molecule has 1 N–H and O–H groups in total. The number of methoxy groups -OCH3 is 1. The zero-order valence-electron chi connectivity index (χ0n) is 10.8. The molecule has 0 saturated carbocycles. The fourth-order valence-corrected chi connectivity index (χ4v) is 1.64. The largest absolute Gasteiger partial charge is 0.380 e. The molecule has 0 heterocycles. The Balaban J connectivity index is 2.45. The summed E-state index contributed by atoms with van der Waals surface area (Å²) in [5.41, 5.74) is 2.24. The maximum absolute atomic E-state index is 11.5. The summed E-state index contributed by atoms with van der Waals surface area (Å²) >= 11 is 0. The molecule has 0 aliphatic rings. The van der Waals surface area contributed by atoms with Gasteiger partial charge < -0.3 is 10.1 Å². The number of ether oxygens (including phenoxy) is 1. The number of carbonyl (C=O) groups is 1. The highest BCUT2D eigenvalue weighted by Gasteiger charge is 2.04. The summed E-state index contributed by atoms with van der Waals surface area (Å²) in [4.78, 5) is 11.5. The molecule has 1 rings (SSSR count). The summed E-state index contributed by atoms with van der Waals surface area (Å²) in [6, 6.07) is 8.06. The standard InChI is InChI=1S/C14H21NO2/c1-11(2)7-14(16)15-9-12-5-4-6-13(8-12)10-17-3/h4-6,8,11H,7,9-10H2,1-3H3,(H,15,16). The van der Waals surface area contributed by atoms with E-state index in [1.807, 2.05) is 32.0 Å². The molecule has 3 heteroatoms. The normalized spacial score (nSPS) is 10.6. The van der Waals surface area contributed by atoms with Crippen molar-refractivity contribution in [2.45, 2.75) is 33.4 Å². The molecule has 0 aliphatic carbocycles. The van der Waals surface area contributed by atoms with Gasteiger partial charge in [0.15, 0.2) is 0 Å². The predicted octanol–water partition coefficient (Wildman–Crippen LogP) is 2.50. The summed E-state index contributed by atoms with van der Waals surface area (Å²) in [6.45, 7) is 5.27. The van der Waals surface area contributed by atoms with Gasteiger partial charge in [0.05, 0.1) is 6.61 Å². The fourth-order valence-electron chi connectivity index (χ4n) is 1.64. The van der Waals surface area contributed by atoms with E-state index in [0.29, 0.717) is 25.5 Å². The molecule has 17 heavy (non-hydrogen) atoms. The first kappa shape index (κ1) is 13.7. The summed E-state index contributed by atoms with van der Waals surface area (Å²) in [5.74, 6) is 0.506. The van der Waals surface area contributed by atoms with E-state index in [1.54, 1.807) is 7.11 Å². The summed E-state index contributed by atoms with van der Waals surface area (Å²) in [5, 5.41) is 2.92. The Morgan fingerprint density at radius 2 is 2.06 bits per heavy atom. The van der Waals surface area contributed by atoms with Crippen molar-refractivity contribution in [3.8, 4) is 0 Å². The van der Waals surface area contributed by atoms with Crippen molar-refractivity contribution in [3.63, 3.8) is 0 Å². The Labute approximate surface area is 103 Å². The van der Waals surface area contributed by atoms with Gasteiger partial charge in [0.1, 0.15) is 0 Å². The van der Waals surface area contributed by atoms with Gasteiger partial charge in [0.2, 0.25) is 5.91 Å². The predicted molar refractivity (Wildman–Crippen MR) is 68.5 cm³/mol. The van der Waals surface area contributed by atoms with Crippen LogP contribution >= 0.6 is 0 Å². The molecular formula is C14H21NO2. The van der Waals surface area contributed by atoms with Gasteiger partial charge in [-0.15, -0.1) is 0 Å². The molecule has 0 aromatic heterocycles. The van der Waals surface area contributed by atoms with Gasteiger partial charge in [-0.05, 0) is 17.0 Å². The van der Waals surface area contributed by atoms with Gasteiger partial charge in [-0.25, -0.2) is 0 Å². The van der Waals surface area contributed by atoms with E-state index in [1.165, 1.54) is 0 Å². The van der Waals surface area contributed by atoms with Crippen LogP contribution in [-0.4, -0.2) is 13.0 Å². The highest BCUT2D eigenvalue weighted by molar-refractivity contribution is 5.76. The van der Waals surface area contributed by atoms with Crippen molar-refractivity contribution in [1.82, 2.24) is 5.32 Å². The molecule has 0 spiro atoms. The topological polar surface area (TPSA) is 38.3 Å².